The van der Waals surface area contributed by atoms with E-state index in [-0.39, 0.29) is 0 Å². The smallest absolute Gasteiger partial charge is 0.135 e. The van der Waals surface area contributed by atoms with Crippen LogP contribution < -0.4 is 5.73 Å². The van der Waals surface area contributed by atoms with Gasteiger partial charge in [-0.25, -0.2) is 4.52 Å². The van der Waals surface area contributed by atoms with Crippen LogP contribution in [-0.4, -0.2) is 20.7 Å². The van der Waals surface area contributed by atoms with Crippen molar-refractivity contribution >= 4 is 5.65 Å². The fourth-order valence-electron chi connectivity index (χ4n) is 1.50. The van der Waals surface area contributed by atoms with Crippen molar-refractivity contribution in [2.75, 3.05) is 6.54 Å². The number of hydrogen-bond acceptors (Lipinski definition) is 2. The number of imidazole rings is 1. The van der Waals surface area contributed by atoms with Gasteiger partial charge < -0.3 is 10.3 Å². The highest BCUT2D eigenvalue weighted by Crippen LogP contribution is 2.07. The van der Waals surface area contributed by atoms with Crippen LogP contribution in [0.3, 0.4) is 0 Å². The lowest BCUT2D eigenvalue weighted by atomic mass is 10.4. The summed E-state index contributed by atoms with van der Waals surface area (Å²) in [7, 11) is 0. The minimum atomic E-state index is 0.734. The Balaban J connectivity index is 2.33. The zero-order valence-corrected chi connectivity index (χ0v) is 7.77. The van der Waals surface area contributed by atoms with Gasteiger partial charge in [0, 0.05) is 25.0 Å². The molecule has 0 bridgehead atoms. The standard InChI is InChI=1S/C9H14N4/c1-8-7-9-12(4-2-3-10)5-6-13(9)11-8/h5-7H,2-4,10H2,1H3. The summed E-state index contributed by atoms with van der Waals surface area (Å²) < 4.78 is 4.07. The first-order chi connectivity index (χ1) is 6.31. The summed E-state index contributed by atoms with van der Waals surface area (Å²) in [6, 6.07) is 2.08. The van der Waals surface area contributed by atoms with E-state index in [0.29, 0.717) is 0 Å². The van der Waals surface area contributed by atoms with Crippen molar-refractivity contribution < 1.29 is 0 Å². The molecule has 2 aromatic rings. The number of nitrogens with zero attached hydrogens (tertiary/aromatic N) is 3. The van der Waals surface area contributed by atoms with Crippen molar-refractivity contribution in [1.29, 1.82) is 0 Å². The molecule has 0 unspecified atom stereocenters. The maximum atomic E-state index is 5.46. The Bertz CT molecular complexity index is 399. The molecule has 0 aromatic carbocycles. The van der Waals surface area contributed by atoms with Crippen LogP contribution in [0.25, 0.3) is 5.65 Å². The van der Waals surface area contributed by atoms with Crippen LogP contribution in [0.1, 0.15) is 12.1 Å². The predicted octanol–water partition coefficient (Wildman–Crippen LogP) is 0.793. The Morgan fingerprint density at radius 1 is 1.46 bits per heavy atom. The lowest BCUT2D eigenvalue weighted by molar-refractivity contribution is 0.667. The van der Waals surface area contributed by atoms with Gasteiger partial charge in [0.1, 0.15) is 5.65 Å². The molecular weight excluding hydrogens is 164 g/mol. The van der Waals surface area contributed by atoms with E-state index in [1.54, 1.807) is 0 Å². The molecule has 70 valence electrons. The second-order valence-electron chi connectivity index (χ2n) is 3.22. The fourth-order valence-corrected chi connectivity index (χ4v) is 1.50. The maximum Gasteiger partial charge on any atom is 0.135 e. The van der Waals surface area contributed by atoms with E-state index in [1.807, 2.05) is 23.8 Å². The lowest BCUT2D eigenvalue weighted by Gasteiger charge is -1.99. The van der Waals surface area contributed by atoms with Crippen LogP contribution in [0.4, 0.5) is 0 Å². The molecule has 0 aliphatic carbocycles. The molecule has 0 atom stereocenters. The first-order valence-electron chi connectivity index (χ1n) is 4.52. The molecule has 4 nitrogen and oxygen atoms in total. The van der Waals surface area contributed by atoms with Crippen molar-refractivity contribution in [1.82, 2.24) is 14.2 Å². The van der Waals surface area contributed by atoms with E-state index in [9.17, 15) is 0 Å². The summed E-state index contributed by atoms with van der Waals surface area (Å²) in [5.74, 6) is 0. The highest BCUT2D eigenvalue weighted by Gasteiger charge is 2.02. The van der Waals surface area contributed by atoms with Crippen LogP contribution in [0.5, 0.6) is 0 Å². The molecular formula is C9H14N4. The van der Waals surface area contributed by atoms with Crippen molar-refractivity contribution in [2.45, 2.75) is 19.9 Å². The van der Waals surface area contributed by atoms with Gasteiger partial charge in [0.05, 0.1) is 5.69 Å². The molecule has 13 heavy (non-hydrogen) atoms. The van der Waals surface area contributed by atoms with Gasteiger partial charge in [0.2, 0.25) is 0 Å². The summed E-state index contributed by atoms with van der Waals surface area (Å²) in [4.78, 5) is 0. The van der Waals surface area contributed by atoms with E-state index in [0.717, 1.165) is 30.9 Å². The summed E-state index contributed by atoms with van der Waals surface area (Å²) >= 11 is 0. The van der Waals surface area contributed by atoms with Gasteiger partial charge in [0.25, 0.3) is 0 Å². The minimum Gasteiger partial charge on any atom is -0.331 e. The molecule has 0 aliphatic rings. The third kappa shape index (κ3) is 1.45. The van der Waals surface area contributed by atoms with Gasteiger partial charge in [0.15, 0.2) is 0 Å². The second kappa shape index (κ2) is 3.22. The van der Waals surface area contributed by atoms with E-state index < -0.39 is 0 Å². The average Bonchev–Trinajstić information content (AvgIpc) is 2.61. The van der Waals surface area contributed by atoms with E-state index in [2.05, 4.69) is 15.7 Å². The van der Waals surface area contributed by atoms with Crippen LogP contribution in [0, 0.1) is 6.92 Å². The van der Waals surface area contributed by atoms with E-state index in [1.165, 1.54) is 0 Å². The predicted molar refractivity (Wildman–Crippen MR) is 51.6 cm³/mol. The molecule has 0 fully saturated rings. The first kappa shape index (κ1) is 8.31. The number of aromatic nitrogens is 3. The monoisotopic (exact) mass is 178 g/mol. The van der Waals surface area contributed by atoms with Crippen molar-refractivity contribution in [3.05, 3.63) is 24.2 Å². The van der Waals surface area contributed by atoms with Crippen LogP contribution >= 0.6 is 0 Å². The fraction of sp³-hybridized carbons (Fsp3) is 0.444. The zero-order valence-electron chi connectivity index (χ0n) is 7.77. The van der Waals surface area contributed by atoms with Gasteiger partial charge >= 0.3 is 0 Å². The molecule has 0 saturated heterocycles. The molecule has 2 rings (SSSR count). The molecule has 2 aromatic heterocycles. The van der Waals surface area contributed by atoms with Gasteiger partial charge in [-0.15, -0.1) is 0 Å². The van der Waals surface area contributed by atoms with Gasteiger partial charge in [-0.2, -0.15) is 5.10 Å². The summed E-state index contributed by atoms with van der Waals surface area (Å²) in [6.45, 7) is 3.70. The van der Waals surface area contributed by atoms with Crippen molar-refractivity contribution in [2.24, 2.45) is 5.73 Å². The molecule has 0 radical (unpaired) electrons. The Kier molecular flexibility index (Phi) is 2.06. The molecule has 0 saturated carbocycles. The molecule has 0 amide bonds. The van der Waals surface area contributed by atoms with Gasteiger partial charge in [-0.3, -0.25) is 0 Å². The Morgan fingerprint density at radius 2 is 2.31 bits per heavy atom. The molecule has 0 aliphatic heterocycles. The first-order valence-corrected chi connectivity index (χ1v) is 4.52. The van der Waals surface area contributed by atoms with Crippen LogP contribution in [0.15, 0.2) is 18.5 Å². The van der Waals surface area contributed by atoms with Crippen molar-refractivity contribution in [3.63, 3.8) is 0 Å². The highest BCUT2D eigenvalue weighted by atomic mass is 15.3. The summed E-state index contributed by atoms with van der Waals surface area (Å²) in [5, 5.41) is 4.31. The third-order valence-corrected chi connectivity index (χ3v) is 2.12. The highest BCUT2D eigenvalue weighted by molar-refractivity contribution is 5.40. The van der Waals surface area contributed by atoms with E-state index in [4.69, 9.17) is 5.73 Å². The normalized spacial score (nSPS) is 11.2. The Hall–Kier alpha value is -1.29. The zero-order chi connectivity index (χ0) is 9.26. The summed E-state index contributed by atoms with van der Waals surface area (Å²) in [6.07, 6.45) is 5.02. The number of nitrogens with two attached hydrogens (primary N) is 1. The third-order valence-electron chi connectivity index (χ3n) is 2.12. The molecule has 4 heteroatoms. The van der Waals surface area contributed by atoms with Gasteiger partial charge in [-0.1, -0.05) is 0 Å². The van der Waals surface area contributed by atoms with Crippen LogP contribution in [-0.2, 0) is 6.54 Å². The minimum absolute atomic E-state index is 0.734. The molecule has 0 spiro atoms. The number of hydrogen-bond donors (Lipinski definition) is 1. The van der Waals surface area contributed by atoms with Crippen molar-refractivity contribution in [3.8, 4) is 0 Å². The van der Waals surface area contributed by atoms with E-state index >= 15 is 0 Å². The molecule has 2 heterocycles. The second-order valence-corrected chi connectivity index (χ2v) is 3.22. The largest absolute Gasteiger partial charge is 0.331 e. The molecule has 2 N–H and O–H groups in total. The Labute approximate surface area is 77.0 Å². The quantitative estimate of drug-likeness (QED) is 0.755. The van der Waals surface area contributed by atoms with Crippen LogP contribution in [0.2, 0.25) is 0 Å². The summed E-state index contributed by atoms with van der Waals surface area (Å²) in [5.41, 5.74) is 7.66. The number of rotatable bonds is 3. The average molecular weight is 178 g/mol. The number of aryl methyl sites for hydroxylation is 2. The number of fused-ring (bicyclic) bond motifs is 1. The SMILES string of the molecule is Cc1cc2n(CCCN)ccn2n1. The Morgan fingerprint density at radius 3 is 3.08 bits per heavy atom. The lowest BCUT2D eigenvalue weighted by Crippen LogP contribution is -2.04. The topological polar surface area (TPSA) is 48.2 Å². The van der Waals surface area contributed by atoms with Gasteiger partial charge in [-0.05, 0) is 19.9 Å². The maximum absolute atomic E-state index is 5.46.